The predicted octanol–water partition coefficient (Wildman–Crippen LogP) is 6.60. The quantitative estimate of drug-likeness (QED) is 0.234. The molecule has 0 N–H and O–H groups in total. The standard InChI is InChI=1S/C32H23ClN2O2/c1-19-14-16-20(17-15-19)34-18-32-23-10-4-2-8-21(23)27(22-9-3-5-11-24(22)32)28-29(32)31(37)35(30(28)36)26-13-7-6-12-25(26)33/h2-18,27-29H,1H3/t27?,28-,29-,32?/m0/s1. The summed E-state index contributed by atoms with van der Waals surface area (Å²) >= 11 is 6.52. The molecule has 1 heterocycles. The van der Waals surface area contributed by atoms with E-state index < -0.39 is 17.3 Å². The van der Waals surface area contributed by atoms with Gasteiger partial charge in [-0.2, -0.15) is 0 Å². The first-order valence-electron chi connectivity index (χ1n) is 12.5. The number of nitrogens with zero attached hydrogens (tertiary/aromatic N) is 2. The Kier molecular flexibility index (Phi) is 4.79. The van der Waals surface area contributed by atoms with E-state index >= 15 is 0 Å². The molecular formula is C32H23ClN2O2. The second-order valence-electron chi connectivity index (χ2n) is 10.1. The van der Waals surface area contributed by atoms with Crippen LogP contribution in [0.4, 0.5) is 11.4 Å². The highest BCUT2D eigenvalue weighted by atomic mass is 35.5. The van der Waals surface area contributed by atoms with Gasteiger partial charge in [-0.25, -0.2) is 4.90 Å². The summed E-state index contributed by atoms with van der Waals surface area (Å²) in [5.74, 6) is -1.81. The van der Waals surface area contributed by atoms with Gasteiger partial charge in [0.15, 0.2) is 0 Å². The summed E-state index contributed by atoms with van der Waals surface area (Å²) in [4.78, 5) is 34.8. The minimum Gasteiger partial charge on any atom is -0.274 e. The smallest absolute Gasteiger partial charge is 0.239 e. The van der Waals surface area contributed by atoms with Gasteiger partial charge in [0.1, 0.15) is 0 Å². The fourth-order valence-electron chi connectivity index (χ4n) is 6.73. The Morgan fingerprint density at radius 1 is 0.784 bits per heavy atom. The number of rotatable bonds is 3. The summed E-state index contributed by atoms with van der Waals surface area (Å²) in [6.07, 6.45) is 1.92. The van der Waals surface area contributed by atoms with Gasteiger partial charge in [-0.05, 0) is 53.4 Å². The molecule has 8 rings (SSSR count). The molecule has 1 fully saturated rings. The van der Waals surface area contributed by atoms with Gasteiger partial charge in [0.2, 0.25) is 11.8 Å². The Bertz CT molecular complexity index is 1580. The molecule has 180 valence electrons. The number of hydrogen-bond acceptors (Lipinski definition) is 3. The molecule has 0 saturated carbocycles. The first-order chi connectivity index (χ1) is 18.0. The molecule has 37 heavy (non-hydrogen) atoms. The molecule has 4 aromatic rings. The lowest BCUT2D eigenvalue weighted by Crippen LogP contribution is -2.54. The van der Waals surface area contributed by atoms with E-state index in [0.29, 0.717) is 10.7 Å². The van der Waals surface area contributed by atoms with Crippen molar-refractivity contribution in [1.82, 2.24) is 0 Å². The van der Waals surface area contributed by atoms with Crippen LogP contribution in [0.2, 0.25) is 5.02 Å². The summed E-state index contributed by atoms with van der Waals surface area (Å²) in [6.45, 7) is 2.04. The van der Waals surface area contributed by atoms with Gasteiger partial charge in [0.25, 0.3) is 0 Å². The molecule has 0 radical (unpaired) electrons. The number of halogens is 1. The molecule has 3 aliphatic carbocycles. The van der Waals surface area contributed by atoms with Crippen molar-refractivity contribution in [2.45, 2.75) is 18.3 Å². The van der Waals surface area contributed by atoms with Crippen molar-refractivity contribution >= 4 is 41.0 Å². The van der Waals surface area contributed by atoms with E-state index in [9.17, 15) is 9.59 Å². The van der Waals surface area contributed by atoms with Gasteiger partial charge in [0, 0.05) is 12.1 Å². The molecule has 0 unspecified atom stereocenters. The highest BCUT2D eigenvalue weighted by Gasteiger charge is 2.68. The maximum absolute atomic E-state index is 14.4. The zero-order valence-corrected chi connectivity index (χ0v) is 20.9. The van der Waals surface area contributed by atoms with E-state index in [1.807, 2.05) is 61.7 Å². The molecule has 5 heteroatoms. The minimum absolute atomic E-state index is 0.204. The molecule has 4 nitrogen and oxygen atoms in total. The van der Waals surface area contributed by atoms with Crippen LogP contribution < -0.4 is 4.90 Å². The summed E-state index contributed by atoms with van der Waals surface area (Å²) < 4.78 is 0. The average Bonchev–Trinajstić information content (AvgIpc) is 3.19. The number of imide groups is 1. The van der Waals surface area contributed by atoms with E-state index in [-0.39, 0.29) is 17.7 Å². The molecule has 2 amide bonds. The third-order valence-corrected chi connectivity index (χ3v) is 8.55. The molecule has 2 bridgehead atoms. The van der Waals surface area contributed by atoms with Crippen LogP contribution in [0, 0.1) is 18.8 Å². The zero-order valence-electron chi connectivity index (χ0n) is 20.1. The van der Waals surface area contributed by atoms with Gasteiger partial charge in [-0.1, -0.05) is 90.0 Å². The number of anilines is 1. The lowest BCUT2D eigenvalue weighted by molar-refractivity contribution is -0.122. The van der Waals surface area contributed by atoms with Gasteiger partial charge in [-0.15, -0.1) is 0 Å². The molecule has 2 atom stereocenters. The normalized spacial score (nSPS) is 25.4. The van der Waals surface area contributed by atoms with Crippen LogP contribution in [0.1, 0.15) is 33.7 Å². The third-order valence-electron chi connectivity index (χ3n) is 8.23. The molecule has 0 spiro atoms. The van der Waals surface area contributed by atoms with Crippen molar-refractivity contribution in [2.24, 2.45) is 16.8 Å². The van der Waals surface area contributed by atoms with Crippen LogP contribution in [0.5, 0.6) is 0 Å². The fourth-order valence-corrected chi connectivity index (χ4v) is 6.95. The third kappa shape index (κ3) is 2.93. The largest absolute Gasteiger partial charge is 0.274 e. The number of benzene rings is 4. The number of carbonyl (C=O) groups is 2. The predicted molar refractivity (Wildman–Crippen MR) is 146 cm³/mol. The van der Waals surface area contributed by atoms with Crippen molar-refractivity contribution in [2.75, 3.05) is 4.90 Å². The maximum Gasteiger partial charge on any atom is 0.239 e. The van der Waals surface area contributed by atoms with Crippen LogP contribution >= 0.6 is 11.6 Å². The summed E-state index contributed by atoms with van der Waals surface area (Å²) in [6, 6.07) is 31.5. The number of amides is 2. The van der Waals surface area contributed by atoms with Crippen LogP contribution in [-0.4, -0.2) is 18.0 Å². The first kappa shape index (κ1) is 22.2. The molecule has 4 aromatic carbocycles. The Balaban J connectivity index is 1.51. The minimum atomic E-state index is -0.889. The van der Waals surface area contributed by atoms with Gasteiger partial charge in [-0.3, -0.25) is 14.6 Å². The van der Waals surface area contributed by atoms with Crippen LogP contribution in [0.3, 0.4) is 0 Å². The van der Waals surface area contributed by atoms with Crippen molar-refractivity contribution in [3.63, 3.8) is 0 Å². The number of hydrogen-bond donors (Lipinski definition) is 0. The van der Waals surface area contributed by atoms with Crippen LogP contribution in [0.25, 0.3) is 0 Å². The van der Waals surface area contributed by atoms with E-state index in [0.717, 1.165) is 33.5 Å². The molecule has 1 aliphatic heterocycles. The molecule has 4 aliphatic rings. The summed E-state index contributed by atoms with van der Waals surface area (Å²) in [5.41, 5.74) is 5.75. The Labute approximate surface area is 220 Å². The number of para-hydroxylation sites is 1. The van der Waals surface area contributed by atoms with Gasteiger partial charge in [0.05, 0.1) is 33.6 Å². The monoisotopic (exact) mass is 502 g/mol. The van der Waals surface area contributed by atoms with Crippen LogP contribution in [-0.2, 0) is 15.0 Å². The lowest BCUT2D eigenvalue weighted by atomic mass is 9.47. The van der Waals surface area contributed by atoms with E-state index in [4.69, 9.17) is 16.6 Å². The lowest BCUT2D eigenvalue weighted by Gasteiger charge is -2.52. The molecule has 0 aromatic heterocycles. The van der Waals surface area contributed by atoms with Crippen molar-refractivity contribution in [3.05, 3.63) is 130 Å². The van der Waals surface area contributed by atoms with Gasteiger partial charge < -0.3 is 0 Å². The van der Waals surface area contributed by atoms with Crippen molar-refractivity contribution in [1.29, 1.82) is 0 Å². The highest BCUT2D eigenvalue weighted by Crippen LogP contribution is 2.64. The zero-order chi connectivity index (χ0) is 25.3. The van der Waals surface area contributed by atoms with E-state index in [2.05, 4.69) is 24.3 Å². The second-order valence-corrected chi connectivity index (χ2v) is 10.5. The molecule has 1 saturated heterocycles. The van der Waals surface area contributed by atoms with Gasteiger partial charge >= 0.3 is 0 Å². The summed E-state index contributed by atoms with van der Waals surface area (Å²) in [5, 5.41) is 0.382. The fraction of sp³-hybridized carbons (Fsp3) is 0.156. The van der Waals surface area contributed by atoms with Crippen molar-refractivity contribution in [3.8, 4) is 0 Å². The maximum atomic E-state index is 14.4. The van der Waals surface area contributed by atoms with E-state index in [1.165, 1.54) is 4.90 Å². The summed E-state index contributed by atoms with van der Waals surface area (Å²) in [7, 11) is 0. The average molecular weight is 503 g/mol. The Morgan fingerprint density at radius 2 is 1.38 bits per heavy atom. The highest BCUT2D eigenvalue weighted by molar-refractivity contribution is 6.36. The Morgan fingerprint density at radius 3 is 2.03 bits per heavy atom. The number of aliphatic imine (C=N–C) groups is 1. The number of carbonyl (C=O) groups excluding carboxylic acids is 2. The Hall–Kier alpha value is -4.02. The van der Waals surface area contributed by atoms with Crippen LogP contribution in [0.15, 0.2) is 102 Å². The first-order valence-corrected chi connectivity index (χ1v) is 12.8. The second kappa shape index (κ2) is 7.99. The number of aryl methyl sites for hydroxylation is 1. The van der Waals surface area contributed by atoms with Crippen molar-refractivity contribution < 1.29 is 9.59 Å². The molecular weight excluding hydrogens is 480 g/mol. The van der Waals surface area contributed by atoms with E-state index in [1.54, 1.807) is 24.3 Å². The SMILES string of the molecule is Cc1ccc(N=CC23c4ccccc4C(c4ccccc42)[C@@H]2C(=O)N(c4ccccc4Cl)C(=O)[C@H]23)cc1. The topological polar surface area (TPSA) is 49.7 Å².